The lowest BCUT2D eigenvalue weighted by Gasteiger charge is -2.30. The number of hydrogen-bond donors (Lipinski definition) is 4. The number of carbonyl (C=O) groups excluding carboxylic acids is 4. The van der Waals surface area contributed by atoms with E-state index in [1.807, 2.05) is 76.4 Å². The Morgan fingerprint density at radius 3 is 1.66 bits per heavy atom. The molecule has 0 unspecified atom stereocenters. The molecule has 2 aliphatic heterocycles. The van der Waals surface area contributed by atoms with Gasteiger partial charge in [0.2, 0.25) is 11.8 Å². The van der Waals surface area contributed by atoms with E-state index in [1.54, 1.807) is 22.2 Å². The quantitative estimate of drug-likeness (QED) is 0.120. The number of H-pyrrole nitrogens is 2. The van der Waals surface area contributed by atoms with Crippen LogP contribution in [0.3, 0.4) is 0 Å². The van der Waals surface area contributed by atoms with Crippen molar-refractivity contribution in [2.24, 2.45) is 11.8 Å². The summed E-state index contributed by atoms with van der Waals surface area (Å²) < 4.78 is 9.51. The normalized spacial score (nSPS) is 17.8. The van der Waals surface area contributed by atoms with E-state index >= 15 is 0 Å². The third-order valence-electron chi connectivity index (χ3n) is 11.0. The molecular formula is C42H50N10O6. The van der Waals surface area contributed by atoms with Crippen molar-refractivity contribution in [3.63, 3.8) is 0 Å². The molecule has 2 fully saturated rings. The fourth-order valence-electron chi connectivity index (χ4n) is 7.83. The van der Waals surface area contributed by atoms with E-state index in [0.717, 1.165) is 64.7 Å². The summed E-state index contributed by atoms with van der Waals surface area (Å²) in [5.41, 5.74) is 5.13. The summed E-state index contributed by atoms with van der Waals surface area (Å²) in [5, 5.41) is 6.25. The second-order valence-electron chi connectivity index (χ2n) is 15.5. The number of carbonyl (C=O) groups is 4. The molecule has 16 heteroatoms. The lowest BCUT2D eigenvalue weighted by molar-refractivity contribution is -0.136. The molecule has 2 aromatic carbocycles. The van der Waals surface area contributed by atoms with Gasteiger partial charge in [-0.2, -0.15) is 0 Å². The van der Waals surface area contributed by atoms with Gasteiger partial charge < -0.3 is 39.9 Å². The maximum absolute atomic E-state index is 13.6. The van der Waals surface area contributed by atoms with E-state index in [4.69, 9.17) is 14.5 Å². The highest BCUT2D eigenvalue weighted by molar-refractivity contribution is 5.88. The molecule has 304 valence electrons. The number of ether oxygens (including phenoxy) is 2. The minimum absolute atomic E-state index is 0.114. The van der Waals surface area contributed by atoms with Gasteiger partial charge in [-0.3, -0.25) is 9.59 Å². The Hall–Kier alpha value is -6.32. The van der Waals surface area contributed by atoms with Crippen molar-refractivity contribution < 1.29 is 28.7 Å². The van der Waals surface area contributed by atoms with Crippen LogP contribution < -0.4 is 10.6 Å². The maximum atomic E-state index is 13.6. The van der Waals surface area contributed by atoms with Gasteiger partial charge in [-0.25, -0.2) is 29.5 Å². The van der Waals surface area contributed by atoms with Crippen molar-refractivity contribution in [2.75, 3.05) is 27.3 Å². The van der Waals surface area contributed by atoms with Gasteiger partial charge in [0, 0.05) is 35.8 Å². The van der Waals surface area contributed by atoms with Gasteiger partial charge in [0.1, 0.15) is 23.7 Å². The van der Waals surface area contributed by atoms with Crippen molar-refractivity contribution in [3.8, 4) is 33.9 Å². The number of benzene rings is 2. The number of hydrogen-bond acceptors (Lipinski definition) is 10. The summed E-state index contributed by atoms with van der Waals surface area (Å²) in [6, 6.07) is 12.0. The summed E-state index contributed by atoms with van der Waals surface area (Å²) in [7, 11) is 2.57. The van der Waals surface area contributed by atoms with E-state index in [1.165, 1.54) is 14.2 Å². The van der Waals surface area contributed by atoms with Crippen molar-refractivity contribution in [3.05, 3.63) is 72.7 Å². The van der Waals surface area contributed by atoms with Crippen LogP contribution in [0.25, 0.3) is 44.8 Å². The summed E-state index contributed by atoms with van der Waals surface area (Å²) in [4.78, 5) is 80.4. The van der Waals surface area contributed by atoms with Crippen molar-refractivity contribution in [1.82, 2.24) is 50.3 Å². The highest BCUT2D eigenvalue weighted by atomic mass is 16.5. The van der Waals surface area contributed by atoms with E-state index in [0.29, 0.717) is 30.6 Å². The zero-order chi connectivity index (χ0) is 41.1. The zero-order valence-electron chi connectivity index (χ0n) is 33.6. The highest BCUT2D eigenvalue weighted by Gasteiger charge is 2.39. The number of fused-ring (bicyclic) bond motifs is 1. The minimum atomic E-state index is -0.702. The van der Waals surface area contributed by atoms with Gasteiger partial charge >= 0.3 is 12.2 Å². The molecule has 58 heavy (non-hydrogen) atoms. The van der Waals surface area contributed by atoms with Gasteiger partial charge in [0.25, 0.3) is 0 Å². The third-order valence-corrected chi connectivity index (χ3v) is 11.0. The Morgan fingerprint density at radius 1 is 0.672 bits per heavy atom. The van der Waals surface area contributed by atoms with Crippen LogP contribution in [0.15, 0.2) is 61.1 Å². The van der Waals surface area contributed by atoms with E-state index in [-0.39, 0.29) is 35.7 Å². The molecule has 3 aromatic heterocycles. The number of aromatic nitrogens is 6. The molecule has 0 radical (unpaired) electrons. The summed E-state index contributed by atoms with van der Waals surface area (Å²) in [6.07, 6.45) is 7.30. The van der Waals surface area contributed by atoms with Gasteiger partial charge in [0.05, 0.1) is 55.6 Å². The Labute approximate surface area is 336 Å². The summed E-state index contributed by atoms with van der Waals surface area (Å²) >= 11 is 0. The molecular weight excluding hydrogens is 741 g/mol. The van der Waals surface area contributed by atoms with Crippen LogP contribution in [0.5, 0.6) is 0 Å². The number of aromatic amines is 2. The van der Waals surface area contributed by atoms with Crippen molar-refractivity contribution in [1.29, 1.82) is 0 Å². The second kappa shape index (κ2) is 17.0. The molecule has 0 bridgehead atoms. The van der Waals surface area contributed by atoms with Crippen LogP contribution in [0.2, 0.25) is 0 Å². The minimum Gasteiger partial charge on any atom is -0.453 e. The van der Waals surface area contributed by atoms with Crippen LogP contribution in [-0.2, 0) is 19.1 Å². The Balaban J connectivity index is 1.02. The molecule has 5 heterocycles. The van der Waals surface area contributed by atoms with E-state index in [9.17, 15) is 19.2 Å². The summed E-state index contributed by atoms with van der Waals surface area (Å²) in [5.74, 6) is 1.46. The Bertz CT molecular complexity index is 2290. The molecule has 0 aliphatic carbocycles. The largest absolute Gasteiger partial charge is 0.453 e. The number of amides is 4. The first-order chi connectivity index (χ1) is 27.9. The number of imidazole rings is 2. The van der Waals surface area contributed by atoms with Crippen LogP contribution >= 0.6 is 0 Å². The molecule has 4 atom stereocenters. The SMILES string of the molecule is COC(=O)N[C@H](C(=O)N1CCC[C@H]1c1ncc(-c2ccc(-c3ncc4cc(-c5cnc([C@@H]6CCCN6C(=O)[C@@H](NC(=O)OC)C(C)C)[nH]5)ccc4n3)cc2)[nH]1)C(C)C. The number of alkyl carbamates (subject to hydrolysis) is 2. The smallest absolute Gasteiger partial charge is 0.407 e. The lowest BCUT2D eigenvalue weighted by Crippen LogP contribution is -2.51. The van der Waals surface area contributed by atoms with Gasteiger partial charge in [-0.15, -0.1) is 0 Å². The average molecular weight is 791 g/mol. The lowest BCUT2D eigenvalue weighted by atomic mass is 10.0. The average Bonchev–Trinajstić information content (AvgIpc) is 4.07. The zero-order valence-corrected chi connectivity index (χ0v) is 33.6. The highest BCUT2D eigenvalue weighted by Crippen LogP contribution is 2.35. The first kappa shape index (κ1) is 39.9. The Morgan fingerprint density at radius 2 is 1.16 bits per heavy atom. The molecule has 2 aliphatic rings. The van der Waals surface area contributed by atoms with Gasteiger partial charge in [-0.1, -0.05) is 58.0 Å². The predicted molar refractivity (Wildman–Crippen MR) is 216 cm³/mol. The third kappa shape index (κ3) is 8.22. The fraction of sp³-hybridized carbons (Fsp3) is 0.429. The van der Waals surface area contributed by atoms with Gasteiger partial charge in [0.15, 0.2) is 5.82 Å². The predicted octanol–water partition coefficient (Wildman–Crippen LogP) is 6.17. The van der Waals surface area contributed by atoms with Crippen molar-refractivity contribution in [2.45, 2.75) is 77.5 Å². The maximum Gasteiger partial charge on any atom is 0.407 e. The van der Waals surface area contributed by atoms with Crippen LogP contribution in [0.1, 0.15) is 77.1 Å². The molecule has 7 rings (SSSR count). The standard InChI is InChI=1S/C42H50N10O6/c1-23(2)34(49-41(55)57-5)39(53)51-17-7-9-32(51)37-44-21-30(47-37)25-11-13-26(14-12-25)36-43-20-28-19-27(15-16-29(28)46-36)31-22-45-38(48-31)33-10-8-18-52(33)40(54)35(24(3)4)50-42(56)58-6/h11-16,19-24,32-35H,7-10,17-18H2,1-6H3,(H,44,47)(H,45,48)(H,49,55)(H,50,56)/t32-,33-,34-,35-/m0/s1. The number of nitrogens with zero attached hydrogens (tertiary/aromatic N) is 6. The molecule has 16 nitrogen and oxygen atoms in total. The number of likely N-dealkylation sites (tertiary alicyclic amines) is 2. The fourth-order valence-corrected chi connectivity index (χ4v) is 7.83. The van der Waals surface area contributed by atoms with Gasteiger partial charge in [-0.05, 0) is 55.2 Å². The molecule has 4 N–H and O–H groups in total. The topological polar surface area (TPSA) is 200 Å². The van der Waals surface area contributed by atoms with Crippen LogP contribution in [0.4, 0.5) is 9.59 Å². The first-order valence-corrected chi connectivity index (χ1v) is 19.7. The van der Waals surface area contributed by atoms with Crippen molar-refractivity contribution >= 4 is 34.9 Å². The molecule has 0 saturated carbocycles. The van der Waals surface area contributed by atoms with Crippen LogP contribution in [0, 0.1) is 11.8 Å². The molecule has 4 amide bonds. The summed E-state index contributed by atoms with van der Waals surface area (Å²) in [6.45, 7) is 8.74. The molecule has 0 spiro atoms. The number of rotatable bonds is 11. The van der Waals surface area contributed by atoms with E-state index in [2.05, 4.69) is 35.6 Å². The van der Waals surface area contributed by atoms with E-state index < -0.39 is 24.3 Å². The number of nitrogens with one attached hydrogen (secondary N) is 4. The molecule has 5 aromatic rings. The Kier molecular flexibility index (Phi) is 11.7. The van der Waals surface area contributed by atoms with Crippen LogP contribution in [-0.4, -0.2) is 103 Å². The number of methoxy groups -OCH3 is 2. The second-order valence-corrected chi connectivity index (χ2v) is 15.5. The monoisotopic (exact) mass is 790 g/mol. The first-order valence-electron chi connectivity index (χ1n) is 19.7. The molecule has 2 saturated heterocycles.